The molecule has 0 aliphatic heterocycles. The fraction of sp³-hybridized carbons (Fsp3) is 0.308. The van der Waals surface area contributed by atoms with Gasteiger partial charge >= 0.3 is 0 Å². The average molecular weight is 346 g/mol. The summed E-state index contributed by atoms with van der Waals surface area (Å²) >= 11 is 12.0. The molecule has 0 aliphatic carbocycles. The van der Waals surface area contributed by atoms with Crippen molar-refractivity contribution in [2.45, 2.75) is 11.3 Å². The van der Waals surface area contributed by atoms with Gasteiger partial charge < -0.3 is 5.73 Å². The normalized spacial score (nSPS) is 10.9. The lowest BCUT2D eigenvalue weighted by molar-refractivity contribution is 0.476. The summed E-state index contributed by atoms with van der Waals surface area (Å²) < 4.78 is 25.8. The molecule has 0 fully saturated rings. The minimum atomic E-state index is -3.86. The first-order valence-corrected chi connectivity index (χ1v) is 8.05. The molecule has 0 heterocycles. The summed E-state index contributed by atoms with van der Waals surface area (Å²) in [5.41, 5.74) is 5.75. The number of halogens is 2. The first-order chi connectivity index (χ1) is 9.84. The second-order valence-electron chi connectivity index (χ2n) is 4.01. The lowest BCUT2D eigenvalue weighted by atomic mass is 10.2. The first kappa shape index (κ1) is 17.8. The Bertz CT molecular complexity index is 707. The molecular weight excluding hydrogens is 333 g/mol. The van der Waals surface area contributed by atoms with Crippen molar-refractivity contribution in [2.24, 2.45) is 5.73 Å². The molecule has 5 nitrogen and oxygen atoms in total. The van der Waals surface area contributed by atoms with Crippen LogP contribution in [-0.4, -0.2) is 32.9 Å². The van der Waals surface area contributed by atoms with Gasteiger partial charge in [-0.05, 0) is 12.1 Å². The number of hydrogen-bond acceptors (Lipinski definition) is 4. The van der Waals surface area contributed by atoms with Crippen LogP contribution in [0.15, 0.2) is 17.0 Å². The van der Waals surface area contributed by atoms with Crippen LogP contribution in [0.25, 0.3) is 0 Å². The molecule has 0 spiro atoms. The highest BCUT2D eigenvalue weighted by molar-refractivity contribution is 7.89. The van der Waals surface area contributed by atoms with Crippen molar-refractivity contribution in [3.63, 3.8) is 0 Å². The molecule has 0 atom stereocenters. The molecule has 0 amide bonds. The van der Waals surface area contributed by atoms with E-state index < -0.39 is 10.0 Å². The summed E-state index contributed by atoms with van der Waals surface area (Å²) in [5.74, 6) is 5.37. The Morgan fingerprint density at radius 3 is 2.38 bits per heavy atom. The molecular formula is C13H13Cl2N3O2S. The van der Waals surface area contributed by atoms with E-state index in [1.54, 1.807) is 0 Å². The zero-order valence-corrected chi connectivity index (χ0v) is 13.6. The molecule has 0 aromatic heterocycles. The smallest absolute Gasteiger partial charge is 0.245 e. The lowest BCUT2D eigenvalue weighted by Crippen LogP contribution is -2.28. The Morgan fingerprint density at radius 2 is 1.90 bits per heavy atom. The molecule has 8 heteroatoms. The second-order valence-corrected chi connectivity index (χ2v) is 6.81. The summed E-state index contributed by atoms with van der Waals surface area (Å²) in [4.78, 5) is -0.190. The number of nitrogens with zero attached hydrogens (tertiary/aromatic N) is 2. The third-order valence-corrected chi connectivity index (χ3v) is 5.32. The Kier molecular flexibility index (Phi) is 6.47. The molecule has 0 saturated carbocycles. The van der Waals surface area contributed by atoms with Crippen LogP contribution in [0.1, 0.15) is 12.0 Å². The van der Waals surface area contributed by atoms with E-state index in [0.29, 0.717) is 5.56 Å². The van der Waals surface area contributed by atoms with Crippen molar-refractivity contribution in [1.82, 2.24) is 4.31 Å². The van der Waals surface area contributed by atoms with Gasteiger partial charge in [-0.25, -0.2) is 8.42 Å². The number of nitrogens with two attached hydrogens (primary N) is 1. The van der Waals surface area contributed by atoms with Crippen LogP contribution < -0.4 is 5.73 Å². The SMILES string of the molecule is CN(CCC#N)S(=O)(=O)c1c(Cl)cc(C#CCN)cc1Cl. The van der Waals surface area contributed by atoms with Crippen LogP contribution in [0.5, 0.6) is 0 Å². The fourth-order valence-corrected chi connectivity index (χ4v) is 3.84. The van der Waals surface area contributed by atoms with Crippen molar-refractivity contribution in [1.29, 1.82) is 5.26 Å². The Labute approximate surface area is 134 Å². The maximum absolute atomic E-state index is 12.4. The molecule has 0 bridgehead atoms. The van der Waals surface area contributed by atoms with E-state index >= 15 is 0 Å². The maximum atomic E-state index is 12.4. The van der Waals surface area contributed by atoms with Crippen molar-refractivity contribution >= 4 is 33.2 Å². The zero-order chi connectivity index (χ0) is 16.0. The fourth-order valence-electron chi connectivity index (χ4n) is 1.52. The second kappa shape index (κ2) is 7.65. The van der Waals surface area contributed by atoms with Crippen molar-refractivity contribution in [2.75, 3.05) is 20.1 Å². The summed E-state index contributed by atoms with van der Waals surface area (Å²) in [6, 6.07) is 4.72. The molecule has 0 saturated heterocycles. The van der Waals surface area contributed by atoms with E-state index in [4.69, 9.17) is 34.2 Å². The quantitative estimate of drug-likeness (QED) is 0.843. The average Bonchev–Trinajstić information content (AvgIpc) is 2.41. The minimum absolute atomic E-state index is 0.0207. The monoisotopic (exact) mass is 345 g/mol. The number of sulfonamides is 1. The molecule has 1 aromatic rings. The van der Waals surface area contributed by atoms with Gasteiger partial charge in [-0.2, -0.15) is 9.57 Å². The highest BCUT2D eigenvalue weighted by Gasteiger charge is 2.26. The van der Waals surface area contributed by atoms with Crippen LogP contribution in [0.4, 0.5) is 0 Å². The van der Waals surface area contributed by atoms with Gasteiger partial charge in [0.15, 0.2) is 0 Å². The van der Waals surface area contributed by atoms with E-state index in [1.165, 1.54) is 19.2 Å². The zero-order valence-electron chi connectivity index (χ0n) is 11.2. The van der Waals surface area contributed by atoms with Crippen LogP contribution in [0, 0.1) is 23.2 Å². The van der Waals surface area contributed by atoms with Gasteiger partial charge in [0.2, 0.25) is 10.0 Å². The molecule has 0 unspecified atom stereocenters. The maximum Gasteiger partial charge on any atom is 0.245 e. The van der Waals surface area contributed by atoms with Crippen molar-refractivity contribution in [3.05, 3.63) is 27.7 Å². The summed E-state index contributed by atoms with van der Waals surface area (Å²) in [5, 5.41) is 8.49. The molecule has 112 valence electrons. The summed E-state index contributed by atoms with van der Waals surface area (Å²) in [6.45, 7) is 0.229. The number of rotatable bonds is 4. The standard InChI is InChI=1S/C13H13Cl2N3O2S/c1-18(7-3-6-17)21(19,20)13-11(14)8-10(4-2-5-16)9-12(13)15/h8-9H,3,5,7,16H2,1H3. The van der Waals surface area contributed by atoms with Crippen molar-refractivity contribution < 1.29 is 8.42 Å². The van der Waals surface area contributed by atoms with Crippen LogP contribution in [-0.2, 0) is 10.0 Å². The Balaban J connectivity index is 3.28. The van der Waals surface area contributed by atoms with E-state index in [1.807, 2.05) is 6.07 Å². The summed E-state index contributed by atoms with van der Waals surface area (Å²) in [7, 11) is -2.50. The van der Waals surface area contributed by atoms with E-state index in [-0.39, 0.29) is 34.5 Å². The molecule has 0 radical (unpaired) electrons. The van der Waals surface area contributed by atoms with E-state index in [9.17, 15) is 8.42 Å². The van der Waals surface area contributed by atoms with Gasteiger partial charge in [-0.3, -0.25) is 0 Å². The number of benzene rings is 1. The Hall–Kier alpha value is -1.28. The number of hydrogen-bond donors (Lipinski definition) is 1. The van der Waals surface area contributed by atoms with Crippen LogP contribution in [0.3, 0.4) is 0 Å². The van der Waals surface area contributed by atoms with Gasteiger partial charge in [0.25, 0.3) is 0 Å². The van der Waals surface area contributed by atoms with Gasteiger partial charge in [-0.15, -0.1) is 0 Å². The molecule has 2 N–H and O–H groups in total. The molecule has 21 heavy (non-hydrogen) atoms. The molecule has 0 aliphatic rings. The summed E-state index contributed by atoms with van der Waals surface area (Å²) in [6.07, 6.45) is 0.0744. The van der Waals surface area contributed by atoms with Gasteiger partial charge in [0, 0.05) is 25.6 Å². The highest BCUT2D eigenvalue weighted by Crippen LogP contribution is 2.32. The number of nitriles is 1. The Morgan fingerprint density at radius 1 is 1.33 bits per heavy atom. The van der Waals surface area contributed by atoms with Gasteiger partial charge in [-0.1, -0.05) is 35.0 Å². The van der Waals surface area contributed by atoms with Crippen LogP contribution >= 0.6 is 23.2 Å². The predicted molar refractivity (Wildman–Crippen MR) is 82.4 cm³/mol. The van der Waals surface area contributed by atoms with E-state index in [0.717, 1.165) is 4.31 Å². The van der Waals surface area contributed by atoms with Crippen molar-refractivity contribution in [3.8, 4) is 17.9 Å². The van der Waals surface area contributed by atoms with Gasteiger partial charge in [0.05, 0.1) is 22.7 Å². The predicted octanol–water partition coefficient (Wildman–Crippen LogP) is 1.84. The molecule has 1 rings (SSSR count). The highest BCUT2D eigenvalue weighted by atomic mass is 35.5. The van der Waals surface area contributed by atoms with Gasteiger partial charge in [0.1, 0.15) is 4.90 Å². The topological polar surface area (TPSA) is 87.2 Å². The van der Waals surface area contributed by atoms with E-state index in [2.05, 4.69) is 11.8 Å². The largest absolute Gasteiger partial charge is 0.320 e. The van der Waals surface area contributed by atoms with Crippen LogP contribution in [0.2, 0.25) is 10.0 Å². The third kappa shape index (κ3) is 4.34. The lowest BCUT2D eigenvalue weighted by Gasteiger charge is -2.17. The third-order valence-electron chi connectivity index (χ3n) is 2.54. The minimum Gasteiger partial charge on any atom is -0.320 e. The molecule has 1 aromatic carbocycles. The first-order valence-electron chi connectivity index (χ1n) is 5.86.